The highest BCUT2D eigenvalue weighted by Gasteiger charge is 2.30. The van der Waals surface area contributed by atoms with Crippen LogP contribution in [0.2, 0.25) is 0 Å². The van der Waals surface area contributed by atoms with Gasteiger partial charge in [-0.1, -0.05) is 0 Å². The van der Waals surface area contributed by atoms with Gasteiger partial charge in [0.1, 0.15) is 5.82 Å². The Balaban J connectivity index is 2.05. The van der Waals surface area contributed by atoms with Crippen LogP contribution in [-0.4, -0.2) is 30.3 Å². The van der Waals surface area contributed by atoms with Crippen LogP contribution in [0.1, 0.15) is 18.1 Å². The number of hydrazone groups is 1. The molecule has 0 aliphatic carbocycles. The molecule has 2 aromatic rings. The number of benzene rings is 1. The van der Waals surface area contributed by atoms with E-state index in [0.717, 1.165) is 12.3 Å². The Morgan fingerprint density at radius 1 is 1.26 bits per heavy atom. The summed E-state index contributed by atoms with van der Waals surface area (Å²) < 4.78 is 48.2. The average molecular weight is 382 g/mol. The lowest BCUT2D eigenvalue weighted by atomic mass is 10.2. The van der Waals surface area contributed by atoms with Crippen molar-refractivity contribution in [3.63, 3.8) is 0 Å². The summed E-state index contributed by atoms with van der Waals surface area (Å²) >= 11 is 0. The van der Waals surface area contributed by atoms with Gasteiger partial charge in [-0.15, -0.1) is 0 Å². The fourth-order valence-electron chi connectivity index (χ4n) is 1.94. The van der Waals surface area contributed by atoms with E-state index in [4.69, 9.17) is 15.2 Å². The first-order chi connectivity index (χ1) is 12.8. The number of primary amides is 1. The summed E-state index contributed by atoms with van der Waals surface area (Å²) in [5.74, 6) is 0.294. The number of ether oxygens (including phenoxy) is 2. The molecule has 27 heavy (non-hydrogen) atoms. The lowest BCUT2D eigenvalue weighted by Gasteiger charge is -2.11. The SMILES string of the molecule is CCOc1cc(/C=N\Nc2ccc(C(F)(F)F)cn2)ccc1OCC(N)=O. The van der Waals surface area contributed by atoms with Crippen molar-refractivity contribution >= 4 is 17.9 Å². The van der Waals surface area contributed by atoms with Gasteiger partial charge in [0.2, 0.25) is 0 Å². The number of nitrogens with zero attached hydrogens (tertiary/aromatic N) is 2. The number of hydrogen-bond acceptors (Lipinski definition) is 6. The highest BCUT2D eigenvalue weighted by molar-refractivity contribution is 5.81. The Labute approximate surface area is 153 Å². The molecule has 2 rings (SSSR count). The highest BCUT2D eigenvalue weighted by atomic mass is 19.4. The molecular formula is C17H17F3N4O3. The first-order valence-electron chi connectivity index (χ1n) is 7.80. The molecule has 0 fully saturated rings. The van der Waals surface area contributed by atoms with E-state index in [1.807, 2.05) is 0 Å². The molecular weight excluding hydrogens is 365 g/mol. The van der Waals surface area contributed by atoms with E-state index >= 15 is 0 Å². The maximum Gasteiger partial charge on any atom is 0.417 e. The van der Waals surface area contributed by atoms with Crippen LogP contribution in [0.15, 0.2) is 41.6 Å². The third kappa shape index (κ3) is 6.17. The number of alkyl halides is 3. The summed E-state index contributed by atoms with van der Waals surface area (Å²) in [7, 11) is 0. The number of aromatic nitrogens is 1. The molecule has 0 atom stereocenters. The molecule has 1 aromatic carbocycles. The number of halogens is 3. The third-order valence-corrected chi connectivity index (χ3v) is 3.12. The maximum absolute atomic E-state index is 12.5. The van der Waals surface area contributed by atoms with Gasteiger partial charge < -0.3 is 15.2 Å². The topological polar surface area (TPSA) is 98.8 Å². The van der Waals surface area contributed by atoms with E-state index < -0.39 is 17.6 Å². The van der Waals surface area contributed by atoms with Crippen LogP contribution in [0, 0.1) is 0 Å². The largest absolute Gasteiger partial charge is 0.490 e. The van der Waals surface area contributed by atoms with E-state index in [1.165, 1.54) is 12.3 Å². The van der Waals surface area contributed by atoms with Gasteiger partial charge in [0.15, 0.2) is 18.1 Å². The number of rotatable bonds is 8. The zero-order chi connectivity index (χ0) is 19.9. The standard InChI is InChI=1S/C17H17F3N4O3/c1-2-26-14-7-11(3-5-13(14)27-10-15(21)25)8-23-24-16-6-4-12(9-22-16)17(18,19)20/h3-9H,2,10H2,1H3,(H2,21,25)(H,22,24)/b23-8-. The monoisotopic (exact) mass is 382 g/mol. The van der Waals surface area contributed by atoms with E-state index in [0.29, 0.717) is 23.7 Å². The Kier molecular flexibility index (Phi) is 6.58. The molecule has 0 saturated carbocycles. The van der Waals surface area contributed by atoms with Crippen molar-refractivity contribution in [3.05, 3.63) is 47.7 Å². The number of anilines is 1. The lowest BCUT2D eigenvalue weighted by Crippen LogP contribution is -2.20. The minimum atomic E-state index is -4.44. The van der Waals surface area contributed by atoms with Crippen molar-refractivity contribution in [3.8, 4) is 11.5 Å². The third-order valence-electron chi connectivity index (χ3n) is 3.12. The molecule has 0 bridgehead atoms. The molecule has 0 radical (unpaired) electrons. The van der Waals surface area contributed by atoms with Crippen LogP contribution in [0.3, 0.4) is 0 Å². The second kappa shape index (κ2) is 8.88. The van der Waals surface area contributed by atoms with Crippen LogP contribution in [-0.2, 0) is 11.0 Å². The maximum atomic E-state index is 12.5. The molecule has 0 saturated heterocycles. The van der Waals surface area contributed by atoms with Crippen molar-refractivity contribution < 1.29 is 27.4 Å². The lowest BCUT2D eigenvalue weighted by molar-refractivity contribution is -0.137. The van der Waals surface area contributed by atoms with Crippen molar-refractivity contribution in [1.82, 2.24) is 4.98 Å². The van der Waals surface area contributed by atoms with Gasteiger partial charge >= 0.3 is 6.18 Å². The second-order valence-corrected chi connectivity index (χ2v) is 5.19. The molecule has 0 spiro atoms. The molecule has 0 aliphatic heterocycles. The summed E-state index contributed by atoms with van der Waals surface area (Å²) in [6.07, 6.45) is -2.29. The Morgan fingerprint density at radius 3 is 2.63 bits per heavy atom. The first-order valence-corrected chi connectivity index (χ1v) is 7.80. The molecule has 7 nitrogen and oxygen atoms in total. The molecule has 1 aromatic heterocycles. The average Bonchev–Trinajstić information content (AvgIpc) is 2.61. The van der Waals surface area contributed by atoms with Crippen LogP contribution in [0.25, 0.3) is 0 Å². The number of carbonyl (C=O) groups excluding carboxylic acids is 1. The molecule has 10 heteroatoms. The van der Waals surface area contributed by atoms with Gasteiger partial charge in [-0.05, 0) is 42.8 Å². The van der Waals surface area contributed by atoms with Crippen LogP contribution >= 0.6 is 0 Å². The molecule has 1 amide bonds. The Morgan fingerprint density at radius 2 is 2.04 bits per heavy atom. The van der Waals surface area contributed by atoms with E-state index in [9.17, 15) is 18.0 Å². The minimum Gasteiger partial charge on any atom is -0.490 e. The van der Waals surface area contributed by atoms with Gasteiger partial charge in [0, 0.05) is 6.20 Å². The van der Waals surface area contributed by atoms with Crippen LogP contribution in [0.4, 0.5) is 19.0 Å². The molecule has 0 unspecified atom stereocenters. The van der Waals surface area contributed by atoms with Crippen molar-refractivity contribution in [2.75, 3.05) is 18.6 Å². The number of nitrogens with two attached hydrogens (primary N) is 1. The quantitative estimate of drug-likeness (QED) is 0.540. The van der Waals surface area contributed by atoms with Crippen molar-refractivity contribution in [2.45, 2.75) is 13.1 Å². The predicted octanol–water partition coefficient (Wildman–Crippen LogP) is 2.81. The van der Waals surface area contributed by atoms with Gasteiger partial charge in [-0.25, -0.2) is 4.98 Å². The van der Waals surface area contributed by atoms with Gasteiger partial charge in [-0.2, -0.15) is 18.3 Å². The van der Waals surface area contributed by atoms with Gasteiger partial charge in [0.05, 0.1) is 18.4 Å². The summed E-state index contributed by atoms with van der Waals surface area (Å²) in [6, 6.07) is 6.95. The van der Waals surface area contributed by atoms with E-state index in [2.05, 4.69) is 15.5 Å². The van der Waals surface area contributed by atoms with Crippen molar-refractivity contribution in [1.29, 1.82) is 0 Å². The minimum absolute atomic E-state index is 0.158. The van der Waals surface area contributed by atoms with Crippen molar-refractivity contribution in [2.24, 2.45) is 10.8 Å². The number of pyridine rings is 1. The molecule has 3 N–H and O–H groups in total. The number of hydrogen-bond donors (Lipinski definition) is 2. The fourth-order valence-corrected chi connectivity index (χ4v) is 1.94. The van der Waals surface area contributed by atoms with Gasteiger partial charge in [-0.3, -0.25) is 10.2 Å². The van der Waals surface area contributed by atoms with Gasteiger partial charge in [0.25, 0.3) is 5.91 Å². The zero-order valence-corrected chi connectivity index (χ0v) is 14.3. The number of amides is 1. The Bertz CT molecular complexity index is 808. The smallest absolute Gasteiger partial charge is 0.417 e. The van der Waals surface area contributed by atoms with E-state index in [-0.39, 0.29) is 12.4 Å². The normalized spacial score (nSPS) is 11.4. The molecule has 144 valence electrons. The summed E-state index contributed by atoms with van der Waals surface area (Å²) in [4.78, 5) is 14.5. The first kappa shape index (κ1) is 20.0. The summed E-state index contributed by atoms with van der Waals surface area (Å²) in [5, 5.41) is 3.92. The zero-order valence-electron chi connectivity index (χ0n) is 14.3. The second-order valence-electron chi connectivity index (χ2n) is 5.19. The highest BCUT2D eigenvalue weighted by Crippen LogP contribution is 2.29. The van der Waals surface area contributed by atoms with Crippen LogP contribution in [0.5, 0.6) is 11.5 Å². The van der Waals surface area contributed by atoms with Crippen LogP contribution < -0.4 is 20.6 Å². The number of carbonyl (C=O) groups is 1. The van der Waals surface area contributed by atoms with E-state index in [1.54, 1.807) is 25.1 Å². The predicted molar refractivity (Wildman–Crippen MR) is 92.8 cm³/mol. The Hall–Kier alpha value is -3.30. The number of nitrogens with one attached hydrogen (secondary N) is 1. The molecule has 1 heterocycles. The fraction of sp³-hybridized carbons (Fsp3) is 0.235. The summed E-state index contributed by atoms with van der Waals surface area (Å²) in [6.45, 7) is 1.88. The summed E-state index contributed by atoms with van der Waals surface area (Å²) in [5.41, 5.74) is 7.37. The molecule has 0 aliphatic rings.